The van der Waals surface area contributed by atoms with Gasteiger partial charge in [0.2, 0.25) is 0 Å². The van der Waals surface area contributed by atoms with Gasteiger partial charge in [0, 0.05) is 11.8 Å². The predicted octanol–water partition coefficient (Wildman–Crippen LogP) is 1.74. The van der Waals surface area contributed by atoms with E-state index in [9.17, 15) is 10.1 Å². The predicted molar refractivity (Wildman–Crippen MR) is 48.4 cm³/mol. The highest BCUT2D eigenvalue weighted by Gasteiger charge is 2.09. The van der Waals surface area contributed by atoms with Crippen LogP contribution in [0.1, 0.15) is 6.92 Å². The Morgan fingerprint density at radius 2 is 2.45 bits per heavy atom. The van der Waals surface area contributed by atoms with Crippen molar-refractivity contribution in [1.29, 1.82) is 0 Å². The van der Waals surface area contributed by atoms with Crippen LogP contribution in [-0.4, -0.2) is 20.5 Å². The van der Waals surface area contributed by atoms with Crippen LogP contribution < -0.4 is 0 Å². The zero-order valence-corrected chi connectivity index (χ0v) is 7.39. The lowest BCUT2D eigenvalue weighted by molar-refractivity contribution is -0.490. The first kappa shape index (κ1) is 10.4. The van der Waals surface area contributed by atoms with Crippen molar-refractivity contribution >= 4 is 29.0 Å². The summed E-state index contributed by atoms with van der Waals surface area (Å²) in [5.74, 6) is 0. The first-order valence-electron chi connectivity index (χ1n) is 2.72. The third kappa shape index (κ3) is 5.81. The zero-order valence-electron chi connectivity index (χ0n) is 5.76. The maximum Gasteiger partial charge on any atom is 0.259 e. The van der Waals surface area contributed by atoms with Crippen LogP contribution in [0.3, 0.4) is 0 Å². The second-order valence-corrected chi connectivity index (χ2v) is 3.31. The Bertz CT molecular complexity index is 192. The lowest BCUT2D eigenvalue weighted by Gasteiger charge is -1.96. The topological polar surface area (TPSA) is 63.4 Å². The van der Waals surface area contributed by atoms with Crippen molar-refractivity contribution in [1.82, 2.24) is 0 Å². The van der Waals surface area contributed by atoms with Crippen molar-refractivity contribution in [2.24, 2.45) is 0 Å². The molecule has 4 nitrogen and oxygen atoms in total. The summed E-state index contributed by atoms with van der Waals surface area (Å²) in [5.41, 5.74) is 0. The van der Waals surface area contributed by atoms with Crippen molar-refractivity contribution in [3.63, 3.8) is 0 Å². The molecule has 62 valence electrons. The Hall–Kier alpha value is -0.620. The number of rotatable bonds is 4. The quantitative estimate of drug-likeness (QED) is 0.242. The highest BCUT2D eigenvalue weighted by Crippen LogP contribution is 2.11. The molecule has 1 atom stereocenters. The molecular weight excluding hydrogens is 186 g/mol. The SMILES string of the molecule is CC(SC=CC(O)=S)[N+](=O)[O-]. The highest BCUT2D eigenvalue weighted by atomic mass is 32.2. The summed E-state index contributed by atoms with van der Waals surface area (Å²) in [6, 6.07) is 0. The minimum Gasteiger partial charge on any atom is -0.499 e. The zero-order chi connectivity index (χ0) is 8.85. The fourth-order valence-corrected chi connectivity index (χ4v) is 0.949. The molecule has 11 heavy (non-hydrogen) atoms. The van der Waals surface area contributed by atoms with E-state index in [4.69, 9.17) is 5.11 Å². The molecule has 0 aromatic rings. The third-order valence-electron chi connectivity index (χ3n) is 0.783. The van der Waals surface area contributed by atoms with E-state index in [1.165, 1.54) is 18.4 Å². The maximum atomic E-state index is 10.0. The van der Waals surface area contributed by atoms with Crippen LogP contribution in [0.5, 0.6) is 0 Å². The van der Waals surface area contributed by atoms with Crippen molar-refractivity contribution in [3.05, 3.63) is 21.6 Å². The van der Waals surface area contributed by atoms with Crippen LogP contribution in [0.2, 0.25) is 0 Å². The molecule has 0 amide bonds. The highest BCUT2D eigenvalue weighted by molar-refractivity contribution is 8.02. The molecule has 0 radical (unpaired) electrons. The normalized spacial score (nSPS) is 13.2. The Morgan fingerprint density at radius 1 is 1.91 bits per heavy atom. The lowest BCUT2D eigenvalue weighted by Crippen LogP contribution is -2.08. The van der Waals surface area contributed by atoms with E-state index in [1.807, 2.05) is 0 Å². The number of thioether (sulfide) groups is 1. The summed E-state index contributed by atoms with van der Waals surface area (Å²) in [6.07, 6.45) is 1.24. The van der Waals surface area contributed by atoms with Crippen LogP contribution in [-0.2, 0) is 0 Å². The standard InChI is InChI=1S/C5H7NO3S2/c1-4(6(8)9)11-3-2-5(7)10/h2-4H,1H3,(H,7,10). The average Bonchev–Trinajstić information content (AvgIpc) is 1.86. The number of nitrogens with zero attached hydrogens (tertiary/aromatic N) is 1. The molecule has 0 saturated carbocycles. The molecule has 0 fully saturated rings. The van der Waals surface area contributed by atoms with Gasteiger partial charge in [0.15, 0.2) is 5.05 Å². The summed E-state index contributed by atoms with van der Waals surface area (Å²) in [4.78, 5) is 9.61. The molecule has 6 heteroatoms. The number of thiocarbonyl (C=S) groups is 1. The Balaban J connectivity index is 3.70. The van der Waals surface area contributed by atoms with Gasteiger partial charge in [0.25, 0.3) is 5.37 Å². The van der Waals surface area contributed by atoms with E-state index in [0.717, 1.165) is 11.8 Å². The van der Waals surface area contributed by atoms with Gasteiger partial charge in [-0.3, -0.25) is 10.1 Å². The minimum atomic E-state index is -0.708. The number of hydrogen-bond donors (Lipinski definition) is 1. The van der Waals surface area contributed by atoms with E-state index in [2.05, 4.69) is 12.2 Å². The summed E-state index contributed by atoms with van der Waals surface area (Å²) in [7, 11) is 0. The van der Waals surface area contributed by atoms with Gasteiger partial charge >= 0.3 is 0 Å². The summed E-state index contributed by atoms with van der Waals surface area (Å²) < 4.78 is 0. The fourth-order valence-electron chi connectivity index (χ4n) is 0.261. The Labute approximate surface area is 73.4 Å². The van der Waals surface area contributed by atoms with Gasteiger partial charge in [-0.1, -0.05) is 11.8 Å². The summed E-state index contributed by atoms with van der Waals surface area (Å²) >= 11 is 5.28. The van der Waals surface area contributed by atoms with Crippen molar-refractivity contribution in [2.75, 3.05) is 0 Å². The molecule has 0 aromatic carbocycles. The maximum absolute atomic E-state index is 10.0. The van der Waals surface area contributed by atoms with Crippen molar-refractivity contribution in [3.8, 4) is 0 Å². The van der Waals surface area contributed by atoms with Gasteiger partial charge in [-0.2, -0.15) is 0 Å². The Kier molecular flexibility index (Phi) is 4.80. The van der Waals surface area contributed by atoms with Crippen LogP contribution in [0.4, 0.5) is 0 Å². The molecule has 1 unspecified atom stereocenters. The monoisotopic (exact) mass is 193 g/mol. The second kappa shape index (κ2) is 5.09. The van der Waals surface area contributed by atoms with Crippen LogP contribution in [0.25, 0.3) is 0 Å². The number of hydrogen-bond acceptors (Lipinski definition) is 4. The van der Waals surface area contributed by atoms with Crippen molar-refractivity contribution in [2.45, 2.75) is 12.3 Å². The summed E-state index contributed by atoms with van der Waals surface area (Å²) in [6.45, 7) is 1.45. The molecule has 0 bridgehead atoms. The van der Waals surface area contributed by atoms with Gasteiger partial charge in [-0.05, 0) is 23.7 Å². The van der Waals surface area contributed by atoms with E-state index in [1.54, 1.807) is 0 Å². The molecule has 0 aliphatic heterocycles. The molecular formula is C5H7NO3S2. The molecule has 1 N–H and O–H groups in total. The molecule has 0 rings (SSSR count). The van der Waals surface area contributed by atoms with Crippen LogP contribution in [0.15, 0.2) is 11.5 Å². The van der Waals surface area contributed by atoms with Crippen molar-refractivity contribution < 1.29 is 10.0 Å². The van der Waals surface area contributed by atoms with Crippen LogP contribution >= 0.6 is 24.0 Å². The molecule has 0 heterocycles. The van der Waals surface area contributed by atoms with Crippen LogP contribution in [0, 0.1) is 10.1 Å². The van der Waals surface area contributed by atoms with Gasteiger partial charge < -0.3 is 5.11 Å². The molecule has 0 spiro atoms. The largest absolute Gasteiger partial charge is 0.499 e. The average molecular weight is 193 g/mol. The fraction of sp³-hybridized carbons (Fsp3) is 0.400. The Morgan fingerprint density at radius 3 is 2.82 bits per heavy atom. The third-order valence-corrected chi connectivity index (χ3v) is 1.78. The van der Waals surface area contributed by atoms with E-state index in [0.29, 0.717) is 0 Å². The van der Waals surface area contributed by atoms with E-state index < -0.39 is 10.3 Å². The van der Waals surface area contributed by atoms with Gasteiger partial charge in [0.1, 0.15) is 0 Å². The van der Waals surface area contributed by atoms with E-state index in [-0.39, 0.29) is 5.05 Å². The van der Waals surface area contributed by atoms with E-state index >= 15 is 0 Å². The smallest absolute Gasteiger partial charge is 0.259 e. The second-order valence-electron chi connectivity index (χ2n) is 1.66. The first-order valence-corrected chi connectivity index (χ1v) is 4.07. The van der Waals surface area contributed by atoms with Gasteiger partial charge in [-0.15, -0.1) is 0 Å². The number of aliphatic hydroxyl groups excluding tert-OH is 1. The molecule has 0 aromatic heterocycles. The summed E-state index contributed by atoms with van der Waals surface area (Å²) in [5, 5.41) is 18.9. The molecule has 0 aliphatic carbocycles. The number of aliphatic hydroxyl groups is 1. The lowest BCUT2D eigenvalue weighted by atomic mass is 10.7. The minimum absolute atomic E-state index is 0.270. The molecule has 0 saturated heterocycles. The first-order chi connectivity index (χ1) is 5.04. The number of nitro groups is 1. The van der Waals surface area contributed by atoms with Gasteiger partial charge in [-0.25, -0.2) is 0 Å². The van der Waals surface area contributed by atoms with Gasteiger partial charge in [0.05, 0.1) is 0 Å². The molecule has 0 aliphatic rings.